The van der Waals surface area contributed by atoms with Gasteiger partial charge in [0.05, 0.1) is 0 Å². The molecule has 0 aromatic carbocycles. The Morgan fingerprint density at radius 2 is 2.40 bits per heavy atom. The number of thioether (sulfide) groups is 1. The van der Waals surface area contributed by atoms with E-state index >= 15 is 0 Å². The molecule has 0 unspecified atom stereocenters. The zero-order valence-corrected chi connectivity index (χ0v) is 9.84. The summed E-state index contributed by atoms with van der Waals surface area (Å²) in [5, 5.41) is 7.34. The molecule has 1 heterocycles. The van der Waals surface area contributed by atoms with Gasteiger partial charge in [0, 0.05) is 31.1 Å². The van der Waals surface area contributed by atoms with Gasteiger partial charge in [0.25, 0.3) is 0 Å². The van der Waals surface area contributed by atoms with E-state index in [-0.39, 0.29) is 5.84 Å². The van der Waals surface area contributed by atoms with Crippen molar-refractivity contribution in [1.82, 2.24) is 4.98 Å². The molecule has 1 rings (SSSR count). The van der Waals surface area contributed by atoms with Gasteiger partial charge in [-0.2, -0.15) is 11.8 Å². The van der Waals surface area contributed by atoms with Crippen LogP contribution in [0.3, 0.4) is 0 Å². The lowest BCUT2D eigenvalue weighted by Crippen LogP contribution is -2.22. The molecule has 15 heavy (non-hydrogen) atoms. The summed E-state index contributed by atoms with van der Waals surface area (Å²) in [6.07, 6.45) is 3.76. The second-order valence-corrected chi connectivity index (χ2v) is 4.22. The molecule has 0 aliphatic rings. The molecular weight excluding hydrogens is 208 g/mol. The molecule has 4 nitrogen and oxygen atoms in total. The van der Waals surface area contributed by atoms with Crippen molar-refractivity contribution in [3.63, 3.8) is 0 Å². The number of nitrogens with zero attached hydrogens (tertiary/aromatic N) is 2. The Morgan fingerprint density at radius 3 is 3.00 bits per heavy atom. The van der Waals surface area contributed by atoms with Crippen molar-refractivity contribution in [1.29, 1.82) is 5.41 Å². The summed E-state index contributed by atoms with van der Waals surface area (Å²) in [7, 11) is 1.99. The van der Waals surface area contributed by atoms with Gasteiger partial charge in [-0.25, -0.2) is 4.98 Å². The largest absolute Gasteiger partial charge is 0.384 e. The number of nitrogen functional groups attached to an aromatic ring is 1. The summed E-state index contributed by atoms with van der Waals surface area (Å²) in [5.74, 6) is 2.00. The Bertz CT molecular complexity index is 340. The molecule has 0 amide bonds. The van der Waals surface area contributed by atoms with Gasteiger partial charge in [-0.1, -0.05) is 0 Å². The van der Waals surface area contributed by atoms with Gasteiger partial charge in [0.1, 0.15) is 11.7 Å². The highest BCUT2D eigenvalue weighted by molar-refractivity contribution is 7.98. The number of aromatic nitrogens is 1. The predicted molar refractivity (Wildman–Crippen MR) is 66.9 cm³/mol. The van der Waals surface area contributed by atoms with Crippen molar-refractivity contribution in [3.8, 4) is 0 Å². The second kappa shape index (κ2) is 5.60. The topological polar surface area (TPSA) is 66.0 Å². The number of hydrogen-bond donors (Lipinski definition) is 2. The maximum Gasteiger partial charge on any atom is 0.128 e. The molecule has 3 N–H and O–H groups in total. The van der Waals surface area contributed by atoms with E-state index in [1.807, 2.05) is 13.1 Å². The SMILES string of the molecule is CSCCN(C)c1cc(C(=N)N)ccn1. The summed E-state index contributed by atoms with van der Waals surface area (Å²) in [4.78, 5) is 6.30. The minimum Gasteiger partial charge on any atom is -0.384 e. The van der Waals surface area contributed by atoms with Crippen molar-refractivity contribution < 1.29 is 0 Å². The van der Waals surface area contributed by atoms with Crippen LogP contribution in [0.4, 0.5) is 5.82 Å². The predicted octanol–water partition coefficient (Wildman–Crippen LogP) is 1.16. The number of anilines is 1. The number of amidine groups is 1. The average Bonchev–Trinajstić information content (AvgIpc) is 2.26. The Kier molecular flexibility index (Phi) is 4.42. The van der Waals surface area contributed by atoms with E-state index in [1.54, 1.807) is 24.0 Å². The Labute approximate surface area is 94.4 Å². The first-order chi connectivity index (χ1) is 7.15. The quantitative estimate of drug-likeness (QED) is 0.582. The molecule has 0 aliphatic heterocycles. The smallest absolute Gasteiger partial charge is 0.128 e. The Balaban J connectivity index is 2.76. The maximum absolute atomic E-state index is 7.34. The molecule has 1 aromatic heterocycles. The molecule has 0 aliphatic carbocycles. The van der Waals surface area contributed by atoms with Gasteiger partial charge in [-0.05, 0) is 18.4 Å². The summed E-state index contributed by atoms with van der Waals surface area (Å²) in [6.45, 7) is 0.940. The monoisotopic (exact) mass is 224 g/mol. The fraction of sp³-hybridized carbons (Fsp3) is 0.400. The normalized spacial score (nSPS) is 10.0. The third-order valence-electron chi connectivity index (χ3n) is 2.08. The first kappa shape index (κ1) is 11.8. The third kappa shape index (κ3) is 3.43. The summed E-state index contributed by atoms with van der Waals surface area (Å²) >= 11 is 1.80. The van der Waals surface area contributed by atoms with Gasteiger partial charge in [-0.3, -0.25) is 5.41 Å². The molecule has 1 aromatic rings. The number of pyridine rings is 1. The molecule has 0 bridgehead atoms. The highest BCUT2D eigenvalue weighted by Gasteiger charge is 2.04. The lowest BCUT2D eigenvalue weighted by Gasteiger charge is -2.17. The molecule has 0 saturated heterocycles. The lowest BCUT2D eigenvalue weighted by molar-refractivity contribution is 0.946. The van der Waals surface area contributed by atoms with E-state index < -0.39 is 0 Å². The standard InChI is InChI=1S/C10H16N4S/c1-14(5-6-15-2)9-7-8(10(11)12)3-4-13-9/h3-4,7H,5-6H2,1-2H3,(H3,11,12). The fourth-order valence-electron chi connectivity index (χ4n) is 1.14. The van der Waals surface area contributed by atoms with Crippen LogP contribution in [-0.4, -0.2) is 36.4 Å². The Morgan fingerprint density at radius 1 is 1.67 bits per heavy atom. The molecule has 0 radical (unpaired) electrons. The van der Waals surface area contributed by atoms with E-state index in [9.17, 15) is 0 Å². The molecule has 0 fully saturated rings. The second-order valence-electron chi connectivity index (χ2n) is 3.23. The van der Waals surface area contributed by atoms with Crippen LogP contribution in [0.2, 0.25) is 0 Å². The fourth-order valence-corrected chi connectivity index (χ4v) is 1.59. The third-order valence-corrected chi connectivity index (χ3v) is 2.67. The number of nitrogens with two attached hydrogens (primary N) is 1. The number of hydrogen-bond acceptors (Lipinski definition) is 4. The van der Waals surface area contributed by atoms with Crippen molar-refractivity contribution >= 4 is 23.4 Å². The number of rotatable bonds is 5. The summed E-state index contributed by atoms with van der Waals surface area (Å²) in [6, 6.07) is 3.58. The highest BCUT2D eigenvalue weighted by Crippen LogP contribution is 2.11. The zero-order valence-electron chi connectivity index (χ0n) is 9.03. The molecule has 0 atom stereocenters. The van der Waals surface area contributed by atoms with Crippen LogP contribution in [0.25, 0.3) is 0 Å². The van der Waals surface area contributed by atoms with Crippen LogP contribution in [0.15, 0.2) is 18.3 Å². The van der Waals surface area contributed by atoms with Crippen LogP contribution >= 0.6 is 11.8 Å². The molecular formula is C10H16N4S. The van der Waals surface area contributed by atoms with Crippen LogP contribution in [0, 0.1) is 5.41 Å². The van der Waals surface area contributed by atoms with Crippen LogP contribution < -0.4 is 10.6 Å². The van der Waals surface area contributed by atoms with E-state index in [4.69, 9.17) is 11.1 Å². The number of nitrogens with one attached hydrogen (secondary N) is 1. The van der Waals surface area contributed by atoms with Gasteiger partial charge in [-0.15, -0.1) is 0 Å². The van der Waals surface area contributed by atoms with E-state index in [2.05, 4.69) is 16.1 Å². The molecule has 5 heteroatoms. The minimum atomic E-state index is 0.0805. The summed E-state index contributed by atoms with van der Waals surface area (Å²) in [5.41, 5.74) is 6.13. The molecule has 82 valence electrons. The first-order valence-corrected chi connectivity index (χ1v) is 6.05. The van der Waals surface area contributed by atoms with Crippen LogP contribution in [0.5, 0.6) is 0 Å². The van der Waals surface area contributed by atoms with Gasteiger partial charge >= 0.3 is 0 Å². The zero-order chi connectivity index (χ0) is 11.3. The van der Waals surface area contributed by atoms with Crippen molar-refractivity contribution in [2.45, 2.75) is 0 Å². The molecule has 0 saturated carbocycles. The summed E-state index contributed by atoms with van der Waals surface area (Å²) < 4.78 is 0. The molecule has 0 spiro atoms. The van der Waals surface area contributed by atoms with Gasteiger partial charge in [0.15, 0.2) is 0 Å². The van der Waals surface area contributed by atoms with E-state index in [1.165, 1.54) is 0 Å². The first-order valence-electron chi connectivity index (χ1n) is 4.65. The van der Waals surface area contributed by atoms with E-state index in [0.29, 0.717) is 0 Å². The van der Waals surface area contributed by atoms with Gasteiger partial charge in [0.2, 0.25) is 0 Å². The lowest BCUT2D eigenvalue weighted by atomic mass is 10.2. The highest BCUT2D eigenvalue weighted by atomic mass is 32.2. The van der Waals surface area contributed by atoms with Crippen LogP contribution in [0.1, 0.15) is 5.56 Å². The van der Waals surface area contributed by atoms with Gasteiger partial charge < -0.3 is 10.6 Å². The average molecular weight is 224 g/mol. The van der Waals surface area contributed by atoms with Crippen LogP contribution in [-0.2, 0) is 0 Å². The van der Waals surface area contributed by atoms with Crippen molar-refractivity contribution in [2.24, 2.45) is 5.73 Å². The van der Waals surface area contributed by atoms with Crippen molar-refractivity contribution in [2.75, 3.05) is 30.5 Å². The van der Waals surface area contributed by atoms with E-state index in [0.717, 1.165) is 23.7 Å². The maximum atomic E-state index is 7.34. The van der Waals surface area contributed by atoms with Crippen molar-refractivity contribution in [3.05, 3.63) is 23.9 Å². The Hall–Kier alpha value is -1.23. The minimum absolute atomic E-state index is 0.0805.